The van der Waals surface area contributed by atoms with Gasteiger partial charge < -0.3 is 15.5 Å². The Hall–Kier alpha value is -0.120. The first-order valence-electron chi connectivity index (χ1n) is 5.01. The van der Waals surface area contributed by atoms with E-state index in [0.717, 1.165) is 6.42 Å². The van der Waals surface area contributed by atoms with Crippen molar-refractivity contribution in [1.82, 2.24) is 5.32 Å². The third kappa shape index (κ3) is 4.60. The highest BCUT2D eigenvalue weighted by Gasteiger charge is 2.28. The fourth-order valence-electron chi connectivity index (χ4n) is 1.88. The van der Waals surface area contributed by atoms with Gasteiger partial charge in [-0.05, 0) is 40.2 Å². The van der Waals surface area contributed by atoms with Crippen LogP contribution in [0.15, 0.2) is 0 Å². The van der Waals surface area contributed by atoms with Crippen molar-refractivity contribution in [3.8, 4) is 0 Å². The summed E-state index contributed by atoms with van der Waals surface area (Å²) in [6.45, 7) is 5.63. The molecule has 0 aliphatic carbocycles. The zero-order chi connectivity index (χ0) is 10.5. The van der Waals surface area contributed by atoms with Crippen LogP contribution in [-0.2, 0) is 0 Å². The van der Waals surface area contributed by atoms with Crippen molar-refractivity contribution in [2.75, 3.05) is 7.05 Å². The summed E-state index contributed by atoms with van der Waals surface area (Å²) >= 11 is 0. The zero-order valence-corrected chi connectivity index (χ0v) is 9.17. The molecular weight excluding hydrogens is 166 g/mol. The van der Waals surface area contributed by atoms with E-state index in [1.165, 1.54) is 0 Å². The maximum Gasteiger partial charge on any atom is 0.0529 e. The number of hydrogen-bond acceptors (Lipinski definition) is 3. The lowest BCUT2D eigenvalue weighted by Gasteiger charge is -2.35. The van der Waals surface area contributed by atoms with Crippen LogP contribution < -0.4 is 5.32 Å². The van der Waals surface area contributed by atoms with Crippen molar-refractivity contribution in [3.05, 3.63) is 0 Å². The predicted molar refractivity (Wildman–Crippen MR) is 54.7 cm³/mol. The number of aliphatic hydroxyl groups excluding tert-OH is 2. The van der Waals surface area contributed by atoms with Crippen LogP contribution >= 0.6 is 0 Å². The molecule has 0 aromatic heterocycles. The largest absolute Gasteiger partial charge is 0.393 e. The van der Waals surface area contributed by atoms with Gasteiger partial charge in [0.2, 0.25) is 0 Å². The molecule has 3 N–H and O–H groups in total. The summed E-state index contributed by atoms with van der Waals surface area (Å²) in [4.78, 5) is 0. The summed E-state index contributed by atoms with van der Waals surface area (Å²) in [7, 11) is 1.88. The van der Waals surface area contributed by atoms with Crippen LogP contribution in [0.1, 0.15) is 40.0 Å². The summed E-state index contributed by atoms with van der Waals surface area (Å²) in [6, 6.07) is 0. The number of hydrogen-bond donors (Lipinski definition) is 3. The lowest BCUT2D eigenvalue weighted by Crippen LogP contribution is -2.46. The monoisotopic (exact) mass is 189 g/mol. The quantitative estimate of drug-likeness (QED) is 0.582. The molecule has 3 heteroatoms. The molecule has 0 aliphatic rings. The third-order valence-electron chi connectivity index (χ3n) is 2.58. The second kappa shape index (κ2) is 5.58. The molecule has 2 unspecified atom stereocenters. The van der Waals surface area contributed by atoms with Crippen LogP contribution in [0.5, 0.6) is 0 Å². The fourth-order valence-corrected chi connectivity index (χ4v) is 1.88. The lowest BCUT2D eigenvalue weighted by molar-refractivity contribution is 0.0869. The van der Waals surface area contributed by atoms with Crippen molar-refractivity contribution in [1.29, 1.82) is 0 Å². The Kier molecular flexibility index (Phi) is 5.53. The molecule has 0 aromatic carbocycles. The van der Waals surface area contributed by atoms with Gasteiger partial charge in [0.15, 0.2) is 0 Å². The first-order valence-corrected chi connectivity index (χ1v) is 5.01. The Labute approximate surface area is 81.2 Å². The molecule has 0 heterocycles. The first kappa shape index (κ1) is 12.9. The Morgan fingerprint density at radius 2 is 1.54 bits per heavy atom. The Morgan fingerprint density at radius 1 is 1.15 bits per heavy atom. The summed E-state index contributed by atoms with van der Waals surface area (Å²) in [5, 5.41) is 21.9. The van der Waals surface area contributed by atoms with Gasteiger partial charge in [-0.1, -0.05) is 6.92 Å². The molecule has 13 heavy (non-hydrogen) atoms. The van der Waals surface area contributed by atoms with E-state index >= 15 is 0 Å². The van der Waals surface area contributed by atoms with E-state index in [-0.39, 0.29) is 17.7 Å². The van der Waals surface area contributed by atoms with Crippen LogP contribution in [0.4, 0.5) is 0 Å². The molecule has 0 radical (unpaired) electrons. The van der Waals surface area contributed by atoms with Crippen molar-refractivity contribution in [3.63, 3.8) is 0 Å². The second-order valence-electron chi connectivity index (χ2n) is 3.99. The minimum atomic E-state index is -0.328. The minimum Gasteiger partial charge on any atom is -0.393 e. The van der Waals surface area contributed by atoms with E-state index in [4.69, 9.17) is 0 Å². The standard InChI is InChI=1S/C10H23NO2/c1-5-10(11-4,6-8(2)12)7-9(3)13/h8-9,11-13H,5-7H2,1-4H3. The number of nitrogens with one attached hydrogen (secondary N) is 1. The molecule has 0 aliphatic heterocycles. The summed E-state index contributed by atoms with van der Waals surface area (Å²) in [6.07, 6.45) is 1.63. The third-order valence-corrected chi connectivity index (χ3v) is 2.58. The maximum atomic E-state index is 9.34. The summed E-state index contributed by atoms with van der Waals surface area (Å²) < 4.78 is 0. The molecule has 3 nitrogen and oxygen atoms in total. The summed E-state index contributed by atoms with van der Waals surface area (Å²) in [5.41, 5.74) is -0.123. The lowest BCUT2D eigenvalue weighted by atomic mass is 9.84. The highest BCUT2D eigenvalue weighted by molar-refractivity contribution is 4.88. The SMILES string of the molecule is CCC(CC(C)O)(CC(C)O)NC. The van der Waals surface area contributed by atoms with Gasteiger partial charge >= 0.3 is 0 Å². The zero-order valence-electron chi connectivity index (χ0n) is 9.17. The van der Waals surface area contributed by atoms with E-state index in [1.54, 1.807) is 13.8 Å². The Morgan fingerprint density at radius 3 is 1.69 bits per heavy atom. The Bertz CT molecular complexity index is 119. The van der Waals surface area contributed by atoms with Crippen molar-refractivity contribution >= 4 is 0 Å². The smallest absolute Gasteiger partial charge is 0.0529 e. The molecular formula is C10H23NO2. The van der Waals surface area contributed by atoms with Crippen molar-refractivity contribution in [2.45, 2.75) is 57.8 Å². The molecule has 0 fully saturated rings. The average Bonchev–Trinajstić information content (AvgIpc) is 2.01. The predicted octanol–water partition coefficient (Wildman–Crippen LogP) is 0.896. The summed E-state index contributed by atoms with van der Waals surface area (Å²) in [5.74, 6) is 0. The molecule has 0 amide bonds. The first-order chi connectivity index (χ1) is 5.95. The van der Waals surface area contributed by atoms with Gasteiger partial charge in [-0.3, -0.25) is 0 Å². The van der Waals surface area contributed by atoms with E-state index in [9.17, 15) is 10.2 Å². The maximum absolute atomic E-state index is 9.34. The Balaban J connectivity index is 4.30. The molecule has 0 aromatic rings. The van der Waals surface area contributed by atoms with E-state index < -0.39 is 0 Å². The average molecular weight is 189 g/mol. The highest BCUT2D eigenvalue weighted by atomic mass is 16.3. The van der Waals surface area contributed by atoms with Crippen LogP contribution in [0.3, 0.4) is 0 Å². The van der Waals surface area contributed by atoms with Crippen LogP contribution in [0.25, 0.3) is 0 Å². The van der Waals surface area contributed by atoms with E-state index in [0.29, 0.717) is 12.8 Å². The molecule has 0 saturated carbocycles. The van der Waals surface area contributed by atoms with Gasteiger partial charge in [0.05, 0.1) is 12.2 Å². The van der Waals surface area contributed by atoms with Gasteiger partial charge in [0, 0.05) is 5.54 Å². The normalized spacial score (nSPS) is 20.8. The molecule has 0 saturated heterocycles. The van der Waals surface area contributed by atoms with Crippen molar-refractivity contribution in [2.24, 2.45) is 0 Å². The van der Waals surface area contributed by atoms with E-state index in [2.05, 4.69) is 12.2 Å². The number of aliphatic hydroxyl groups is 2. The molecule has 0 spiro atoms. The van der Waals surface area contributed by atoms with Gasteiger partial charge in [-0.25, -0.2) is 0 Å². The van der Waals surface area contributed by atoms with Crippen LogP contribution in [0, 0.1) is 0 Å². The van der Waals surface area contributed by atoms with Crippen molar-refractivity contribution < 1.29 is 10.2 Å². The topological polar surface area (TPSA) is 52.5 Å². The molecule has 0 rings (SSSR count). The highest BCUT2D eigenvalue weighted by Crippen LogP contribution is 2.23. The van der Waals surface area contributed by atoms with Gasteiger partial charge in [-0.15, -0.1) is 0 Å². The fraction of sp³-hybridized carbons (Fsp3) is 1.00. The minimum absolute atomic E-state index is 0.123. The van der Waals surface area contributed by atoms with Gasteiger partial charge in [-0.2, -0.15) is 0 Å². The molecule has 2 atom stereocenters. The second-order valence-corrected chi connectivity index (χ2v) is 3.99. The van der Waals surface area contributed by atoms with Gasteiger partial charge in [0.1, 0.15) is 0 Å². The van der Waals surface area contributed by atoms with Crippen LogP contribution in [-0.4, -0.2) is 35.0 Å². The van der Waals surface area contributed by atoms with Gasteiger partial charge in [0.25, 0.3) is 0 Å². The molecule has 0 bridgehead atoms. The number of rotatable bonds is 6. The van der Waals surface area contributed by atoms with E-state index in [1.807, 2.05) is 7.05 Å². The molecule has 80 valence electrons. The van der Waals surface area contributed by atoms with Crippen LogP contribution in [0.2, 0.25) is 0 Å².